The van der Waals surface area contributed by atoms with Crippen molar-refractivity contribution in [2.45, 2.75) is 23.6 Å². The molecule has 15 heavy (non-hydrogen) atoms. The molecule has 0 bridgehead atoms. The largest absolute Gasteiger partial charge is 0.396 e. The van der Waals surface area contributed by atoms with Crippen LogP contribution in [0.15, 0.2) is 4.34 Å². The average molecular weight is 247 g/mol. The summed E-state index contributed by atoms with van der Waals surface area (Å²) in [6, 6.07) is 0. The molecular formula is C9H17N3OS2. The summed E-state index contributed by atoms with van der Waals surface area (Å²) in [5.41, 5.74) is 0. The third-order valence-corrected chi connectivity index (χ3v) is 4.12. The monoisotopic (exact) mass is 247 g/mol. The summed E-state index contributed by atoms with van der Waals surface area (Å²) in [5, 5.41) is 17.7. The van der Waals surface area contributed by atoms with Crippen LogP contribution in [0, 0.1) is 0 Å². The molecule has 0 saturated heterocycles. The van der Waals surface area contributed by atoms with E-state index in [1.807, 2.05) is 19.0 Å². The van der Waals surface area contributed by atoms with Gasteiger partial charge in [-0.2, -0.15) is 0 Å². The maximum absolute atomic E-state index is 8.61. The first-order chi connectivity index (χ1) is 7.24. The Labute approximate surface area is 98.7 Å². The second-order valence-electron chi connectivity index (χ2n) is 3.38. The molecule has 0 fully saturated rings. The van der Waals surface area contributed by atoms with Crippen molar-refractivity contribution in [1.82, 2.24) is 10.2 Å². The zero-order valence-corrected chi connectivity index (χ0v) is 10.8. The van der Waals surface area contributed by atoms with Gasteiger partial charge in [-0.05, 0) is 12.8 Å². The zero-order valence-electron chi connectivity index (χ0n) is 9.14. The fourth-order valence-corrected chi connectivity index (χ4v) is 2.82. The van der Waals surface area contributed by atoms with Crippen molar-refractivity contribution in [1.29, 1.82) is 0 Å². The first-order valence-electron chi connectivity index (χ1n) is 4.98. The van der Waals surface area contributed by atoms with Gasteiger partial charge in [0.2, 0.25) is 5.13 Å². The van der Waals surface area contributed by atoms with E-state index in [0.717, 1.165) is 34.5 Å². The minimum Gasteiger partial charge on any atom is -0.396 e. The van der Waals surface area contributed by atoms with E-state index >= 15 is 0 Å². The second kappa shape index (κ2) is 7.03. The molecule has 0 aliphatic heterocycles. The average Bonchev–Trinajstić information content (AvgIpc) is 2.66. The lowest BCUT2D eigenvalue weighted by atomic mass is 10.3. The van der Waals surface area contributed by atoms with Gasteiger partial charge in [-0.15, -0.1) is 10.2 Å². The number of unbranched alkanes of at least 4 members (excludes halogenated alkanes) is 2. The molecule has 0 spiro atoms. The third-order valence-electron chi connectivity index (χ3n) is 1.81. The smallest absolute Gasteiger partial charge is 0.208 e. The minimum atomic E-state index is 0.300. The van der Waals surface area contributed by atoms with Gasteiger partial charge in [-0.25, -0.2) is 0 Å². The SMILES string of the molecule is CN(C)c1nnc(SCCCCCO)s1. The summed E-state index contributed by atoms with van der Waals surface area (Å²) in [7, 11) is 3.94. The molecule has 1 aromatic heterocycles. The Hall–Kier alpha value is -0.330. The zero-order chi connectivity index (χ0) is 11.1. The molecule has 0 aromatic carbocycles. The van der Waals surface area contributed by atoms with Crippen LogP contribution in [0.4, 0.5) is 5.13 Å². The molecule has 1 rings (SSSR count). The fraction of sp³-hybridized carbons (Fsp3) is 0.778. The molecule has 1 heterocycles. The van der Waals surface area contributed by atoms with Crippen LogP contribution in [0.3, 0.4) is 0 Å². The molecule has 0 unspecified atom stereocenters. The summed E-state index contributed by atoms with van der Waals surface area (Å²) >= 11 is 3.37. The predicted molar refractivity (Wildman–Crippen MR) is 65.9 cm³/mol. The van der Waals surface area contributed by atoms with Crippen LogP contribution >= 0.6 is 23.1 Å². The van der Waals surface area contributed by atoms with Crippen molar-refractivity contribution < 1.29 is 5.11 Å². The van der Waals surface area contributed by atoms with E-state index in [9.17, 15) is 0 Å². The fourth-order valence-electron chi connectivity index (χ4n) is 0.992. The van der Waals surface area contributed by atoms with Crippen LogP contribution in [0.2, 0.25) is 0 Å². The van der Waals surface area contributed by atoms with Crippen molar-refractivity contribution in [3.8, 4) is 0 Å². The lowest BCUT2D eigenvalue weighted by Crippen LogP contribution is -2.07. The van der Waals surface area contributed by atoms with Crippen LogP contribution < -0.4 is 4.90 Å². The molecule has 4 nitrogen and oxygen atoms in total. The Kier molecular flexibility index (Phi) is 5.97. The van der Waals surface area contributed by atoms with Gasteiger partial charge < -0.3 is 10.0 Å². The Bertz CT molecular complexity index is 278. The lowest BCUT2D eigenvalue weighted by Gasteiger charge is -2.03. The molecule has 0 aliphatic rings. The molecule has 0 saturated carbocycles. The second-order valence-corrected chi connectivity index (χ2v) is 5.68. The highest BCUT2D eigenvalue weighted by Crippen LogP contribution is 2.27. The van der Waals surface area contributed by atoms with Crippen LogP contribution in [0.5, 0.6) is 0 Å². The quantitative estimate of drug-likeness (QED) is 0.589. The van der Waals surface area contributed by atoms with E-state index in [2.05, 4.69) is 10.2 Å². The Morgan fingerprint density at radius 3 is 2.67 bits per heavy atom. The Balaban J connectivity index is 2.20. The Morgan fingerprint density at radius 2 is 2.07 bits per heavy atom. The van der Waals surface area contributed by atoms with E-state index in [-0.39, 0.29) is 0 Å². The normalized spacial score (nSPS) is 10.6. The number of hydrogen-bond acceptors (Lipinski definition) is 6. The summed E-state index contributed by atoms with van der Waals surface area (Å²) in [6.45, 7) is 0.300. The van der Waals surface area contributed by atoms with Crippen LogP contribution in [-0.4, -0.2) is 41.8 Å². The number of aromatic nitrogens is 2. The standard InChI is InChI=1S/C9H17N3OS2/c1-12(2)8-10-11-9(15-8)14-7-5-3-4-6-13/h13H,3-7H2,1-2H3. The number of aliphatic hydroxyl groups excluding tert-OH is 1. The first kappa shape index (κ1) is 12.7. The van der Waals surface area contributed by atoms with Gasteiger partial charge in [0, 0.05) is 26.5 Å². The topological polar surface area (TPSA) is 49.2 Å². The van der Waals surface area contributed by atoms with Gasteiger partial charge in [0.05, 0.1) is 0 Å². The maximum Gasteiger partial charge on any atom is 0.208 e. The molecule has 1 N–H and O–H groups in total. The van der Waals surface area contributed by atoms with Gasteiger partial charge >= 0.3 is 0 Å². The van der Waals surface area contributed by atoms with Crippen molar-refractivity contribution in [2.75, 3.05) is 31.4 Å². The van der Waals surface area contributed by atoms with E-state index < -0.39 is 0 Å². The van der Waals surface area contributed by atoms with E-state index in [1.165, 1.54) is 0 Å². The van der Waals surface area contributed by atoms with Gasteiger partial charge in [0.25, 0.3) is 0 Å². The number of aliphatic hydroxyl groups is 1. The maximum atomic E-state index is 8.61. The van der Waals surface area contributed by atoms with E-state index in [1.54, 1.807) is 23.1 Å². The number of anilines is 1. The van der Waals surface area contributed by atoms with Gasteiger partial charge in [-0.1, -0.05) is 29.5 Å². The number of hydrogen-bond donors (Lipinski definition) is 1. The summed E-state index contributed by atoms with van der Waals surface area (Å²) < 4.78 is 1.03. The summed E-state index contributed by atoms with van der Waals surface area (Å²) in [6.07, 6.45) is 3.12. The molecule has 0 amide bonds. The molecular weight excluding hydrogens is 230 g/mol. The third kappa shape index (κ3) is 4.81. The predicted octanol–water partition coefficient (Wildman–Crippen LogP) is 1.86. The summed E-state index contributed by atoms with van der Waals surface area (Å²) in [4.78, 5) is 1.97. The first-order valence-corrected chi connectivity index (χ1v) is 6.78. The van der Waals surface area contributed by atoms with E-state index in [0.29, 0.717) is 6.61 Å². The van der Waals surface area contributed by atoms with Gasteiger partial charge in [-0.3, -0.25) is 0 Å². The molecule has 0 aliphatic carbocycles. The summed E-state index contributed by atoms with van der Waals surface area (Å²) in [5.74, 6) is 1.06. The van der Waals surface area contributed by atoms with Crippen LogP contribution in [-0.2, 0) is 0 Å². The van der Waals surface area contributed by atoms with Gasteiger partial charge in [0.1, 0.15) is 0 Å². The highest BCUT2D eigenvalue weighted by Gasteiger charge is 2.05. The van der Waals surface area contributed by atoms with Crippen molar-refractivity contribution in [3.63, 3.8) is 0 Å². The Morgan fingerprint density at radius 1 is 1.27 bits per heavy atom. The van der Waals surface area contributed by atoms with Crippen molar-refractivity contribution in [3.05, 3.63) is 0 Å². The van der Waals surface area contributed by atoms with Gasteiger partial charge in [0.15, 0.2) is 4.34 Å². The number of nitrogens with zero attached hydrogens (tertiary/aromatic N) is 3. The van der Waals surface area contributed by atoms with Crippen molar-refractivity contribution >= 4 is 28.2 Å². The van der Waals surface area contributed by atoms with Crippen LogP contribution in [0.1, 0.15) is 19.3 Å². The molecule has 86 valence electrons. The molecule has 1 aromatic rings. The highest BCUT2D eigenvalue weighted by molar-refractivity contribution is 8.01. The molecule has 0 radical (unpaired) electrons. The highest BCUT2D eigenvalue weighted by atomic mass is 32.2. The van der Waals surface area contributed by atoms with Crippen molar-refractivity contribution in [2.24, 2.45) is 0 Å². The minimum absolute atomic E-state index is 0.300. The lowest BCUT2D eigenvalue weighted by molar-refractivity contribution is 0.284. The van der Waals surface area contributed by atoms with Crippen LogP contribution in [0.25, 0.3) is 0 Å². The molecule has 6 heteroatoms. The van der Waals surface area contributed by atoms with E-state index in [4.69, 9.17) is 5.11 Å². The number of rotatable bonds is 7. The molecule has 0 atom stereocenters. The number of thioether (sulfide) groups is 1.